The minimum Gasteiger partial charge on any atom is -0.404 e. The zero-order chi connectivity index (χ0) is 12.2. The number of benzene rings is 1. The average molecular weight is 245 g/mol. The molecule has 0 atom stereocenters. The normalized spacial score (nSPS) is 11.2. The third kappa shape index (κ3) is 3.85. The molecule has 0 bridgehead atoms. The van der Waals surface area contributed by atoms with Crippen LogP contribution in [0.15, 0.2) is 24.3 Å². The van der Waals surface area contributed by atoms with Gasteiger partial charge in [-0.2, -0.15) is 0 Å². The predicted molar refractivity (Wildman–Crippen MR) is 62.7 cm³/mol. The topological polar surface area (TPSA) is 70.0 Å². The van der Waals surface area contributed by atoms with E-state index in [1.165, 1.54) is 6.07 Å². The van der Waals surface area contributed by atoms with Crippen LogP contribution in [0.4, 0.5) is 5.69 Å². The van der Waals surface area contributed by atoms with Gasteiger partial charge in [-0.1, -0.05) is 6.07 Å². The van der Waals surface area contributed by atoms with E-state index in [1.54, 1.807) is 12.1 Å². The van der Waals surface area contributed by atoms with Crippen LogP contribution in [0, 0.1) is 0 Å². The number of anilines is 1. The second kappa shape index (κ2) is 5.34. The summed E-state index contributed by atoms with van der Waals surface area (Å²) >= 11 is 0. The maximum absolute atomic E-state index is 10.7. The van der Waals surface area contributed by atoms with Gasteiger partial charge in [0.05, 0.1) is 0 Å². The van der Waals surface area contributed by atoms with Crippen LogP contribution >= 0.6 is 7.82 Å². The van der Waals surface area contributed by atoms with Crippen molar-refractivity contribution in [3.63, 3.8) is 0 Å². The molecule has 0 saturated carbocycles. The zero-order valence-electron chi connectivity index (χ0n) is 9.33. The summed E-state index contributed by atoms with van der Waals surface area (Å²) in [4.78, 5) is 19.4. The molecule has 0 fully saturated rings. The SMILES string of the molecule is CCN(CC)c1cccc(OP(=O)(O)O)c1. The van der Waals surface area contributed by atoms with E-state index >= 15 is 0 Å². The highest BCUT2D eigenvalue weighted by atomic mass is 31.2. The molecular formula is C10H16NO4P. The molecule has 16 heavy (non-hydrogen) atoms. The van der Waals surface area contributed by atoms with E-state index in [9.17, 15) is 4.57 Å². The molecule has 6 heteroatoms. The molecule has 0 saturated heterocycles. The van der Waals surface area contributed by atoms with E-state index < -0.39 is 7.82 Å². The Bertz CT molecular complexity index is 386. The fourth-order valence-electron chi connectivity index (χ4n) is 1.46. The number of phosphoric ester groups is 1. The van der Waals surface area contributed by atoms with E-state index in [2.05, 4.69) is 9.42 Å². The van der Waals surface area contributed by atoms with E-state index in [0.29, 0.717) is 0 Å². The molecule has 2 N–H and O–H groups in total. The van der Waals surface area contributed by atoms with Crippen LogP contribution in [0.1, 0.15) is 13.8 Å². The van der Waals surface area contributed by atoms with Gasteiger partial charge in [0.1, 0.15) is 5.75 Å². The standard InChI is InChI=1S/C10H16NO4P/c1-3-11(4-2)9-6-5-7-10(8-9)15-16(12,13)14/h5-8H,3-4H2,1-2H3,(H2,12,13,14). The lowest BCUT2D eigenvalue weighted by Gasteiger charge is -2.21. The highest BCUT2D eigenvalue weighted by Crippen LogP contribution is 2.38. The van der Waals surface area contributed by atoms with Gasteiger partial charge in [0.15, 0.2) is 0 Å². The Labute approximate surface area is 94.9 Å². The predicted octanol–water partition coefficient (Wildman–Crippen LogP) is 2.00. The highest BCUT2D eigenvalue weighted by molar-refractivity contribution is 7.46. The smallest absolute Gasteiger partial charge is 0.404 e. The molecule has 0 radical (unpaired) electrons. The van der Waals surface area contributed by atoms with Crippen molar-refractivity contribution >= 4 is 13.5 Å². The monoisotopic (exact) mass is 245 g/mol. The van der Waals surface area contributed by atoms with E-state index in [1.807, 2.05) is 19.9 Å². The van der Waals surface area contributed by atoms with Gasteiger partial charge in [-0.15, -0.1) is 0 Å². The van der Waals surface area contributed by atoms with E-state index in [4.69, 9.17) is 9.79 Å². The fourth-order valence-corrected chi connectivity index (χ4v) is 1.85. The molecule has 5 nitrogen and oxygen atoms in total. The Morgan fingerprint density at radius 2 is 1.94 bits per heavy atom. The van der Waals surface area contributed by atoms with Crippen LogP contribution in [0.3, 0.4) is 0 Å². The lowest BCUT2D eigenvalue weighted by Crippen LogP contribution is -2.21. The van der Waals surface area contributed by atoms with Crippen molar-refractivity contribution < 1.29 is 18.9 Å². The van der Waals surface area contributed by atoms with Crippen LogP contribution < -0.4 is 9.42 Å². The van der Waals surface area contributed by atoms with Gasteiger partial charge >= 0.3 is 7.82 Å². The summed E-state index contributed by atoms with van der Waals surface area (Å²) in [6.07, 6.45) is 0. The molecule has 0 unspecified atom stereocenters. The molecule has 0 amide bonds. The summed E-state index contributed by atoms with van der Waals surface area (Å²) in [6, 6.07) is 6.72. The first-order chi connectivity index (χ1) is 7.46. The van der Waals surface area contributed by atoms with Crippen LogP contribution in [0.5, 0.6) is 5.75 Å². The maximum Gasteiger partial charge on any atom is 0.524 e. The van der Waals surface area contributed by atoms with Crippen LogP contribution in [0.25, 0.3) is 0 Å². The minimum absolute atomic E-state index is 0.178. The van der Waals surface area contributed by atoms with Crippen molar-refractivity contribution in [1.29, 1.82) is 0 Å². The first-order valence-corrected chi connectivity index (χ1v) is 6.59. The minimum atomic E-state index is -4.47. The molecular weight excluding hydrogens is 229 g/mol. The van der Waals surface area contributed by atoms with Crippen LogP contribution in [0.2, 0.25) is 0 Å². The second-order valence-corrected chi connectivity index (χ2v) is 4.42. The molecule has 0 aliphatic carbocycles. The van der Waals surface area contributed by atoms with Gasteiger partial charge < -0.3 is 9.42 Å². The largest absolute Gasteiger partial charge is 0.524 e. The quantitative estimate of drug-likeness (QED) is 0.776. The van der Waals surface area contributed by atoms with Crippen LogP contribution in [-0.4, -0.2) is 22.9 Å². The molecule has 0 aliphatic rings. The van der Waals surface area contributed by atoms with Crippen molar-refractivity contribution in [2.75, 3.05) is 18.0 Å². The fraction of sp³-hybridized carbons (Fsp3) is 0.400. The van der Waals surface area contributed by atoms with Crippen molar-refractivity contribution in [1.82, 2.24) is 0 Å². The first-order valence-electron chi connectivity index (χ1n) is 5.06. The van der Waals surface area contributed by atoms with E-state index in [0.717, 1.165) is 18.8 Å². The lowest BCUT2D eigenvalue weighted by atomic mass is 10.2. The molecule has 90 valence electrons. The summed E-state index contributed by atoms with van der Waals surface area (Å²) < 4.78 is 15.2. The molecule has 0 aliphatic heterocycles. The van der Waals surface area contributed by atoms with Gasteiger partial charge in [-0.3, -0.25) is 9.79 Å². The van der Waals surface area contributed by atoms with Gasteiger partial charge in [0.25, 0.3) is 0 Å². The van der Waals surface area contributed by atoms with Crippen molar-refractivity contribution in [3.8, 4) is 5.75 Å². The van der Waals surface area contributed by atoms with Gasteiger partial charge in [0.2, 0.25) is 0 Å². The Balaban J connectivity index is 2.90. The van der Waals surface area contributed by atoms with Crippen molar-refractivity contribution in [3.05, 3.63) is 24.3 Å². The molecule has 0 heterocycles. The zero-order valence-corrected chi connectivity index (χ0v) is 10.2. The first kappa shape index (κ1) is 13.0. The number of hydrogen-bond acceptors (Lipinski definition) is 3. The van der Waals surface area contributed by atoms with Crippen LogP contribution in [-0.2, 0) is 4.57 Å². The Kier molecular flexibility index (Phi) is 4.35. The molecule has 1 aromatic carbocycles. The Hall–Kier alpha value is -1.03. The summed E-state index contributed by atoms with van der Waals surface area (Å²) in [5.41, 5.74) is 0.885. The third-order valence-corrected chi connectivity index (χ3v) is 2.62. The van der Waals surface area contributed by atoms with Crippen molar-refractivity contribution in [2.45, 2.75) is 13.8 Å². The summed E-state index contributed by atoms with van der Waals surface area (Å²) in [7, 11) is -4.47. The Morgan fingerprint density at radius 1 is 1.31 bits per heavy atom. The van der Waals surface area contributed by atoms with Crippen molar-refractivity contribution in [2.24, 2.45) is 0 Å². The molecule has 1 aromatic rings. The van der Waals surface area contributed by atoms with Gasteiger partial charge in [-0.05, 0) is 26.0 Å². The number of rotatable bonds is 5. The average Bonchev–Trinajstić information content (AvgIpc) is 2.17. The maximum atomic E-state index is 10.7. The van der Waals surface area contributed by atoms with Gasteiger partial charge in [0, 0.05) is 24.8 Å². The Morgan fingerprint density at radius 3 is 2.44 bits per heavy atom. The number of nitrogens with zero attached hydrogens (tertiary/aromatic N) is 1. The summed E-state index contributed by atoms with van der Waals surface area (Å²) in [5.74, 6) is 0.178. The summed E-state index contributed by atoms with van der Waals surface area (Å²) in [5, 5.41) is 0. The molecule has 1 rings (SSSR count). The molecule has 0 aromatic heterocycles. The van der Waals surface area contributed by atoms with Gasteiger partial charge in [-0.25, -0.2) is 4.57 Å². The highest BCUT2D eigenvalue weighted by Gasteiger charge is 2.16. The van der Waals surface area contributed by atoms with E-state index in [-0.39, 0.29) is 5.75 Å². The number of phosphoric acid groups is 1. The number of hydrogen-bond donors (Lipinski definition) is 2. The second-order valence-electron chi connectivity index (χ2n) is 3.25. The third-order valence-electron chi connectivity index (χ3n) is 2.17. The molecule has 0 spiro atoms. The lowest BCUT2D eigenvalue weighted by molar-refractivity contribution is 0.283. The summed E-state index contributed by atoms with van der Waals surface area (Å²) in [6.45, 7) is 5.69.